The van der Waals surface area contributed by atoms with Crippen molar-refractivity contribution in [2.45, 2.75) is 26.2 Å². The fraction of sp³-hybridized carbons (Fsp3) is 0.222. The molecule has 20 heavy (non-hydrogen) atoms. The van der Waals surface area contributed by atoms with Crippen molar-refractivity contribution < 1.29 is 4.42 Å². The standard InChI is InChI=1S/C18H17BrO/c1-18(2,3)13-6-9-17-15(10-13)16(11-20-17)12-4-7-14(19)8-5-12/h4-11H,1-3H3. The van der Waals surface area contributed by atoms with Gasteiger partial charge in [0.25, 0.3) is 0 Å². The van der Waals surface area contributed by atoms with E-state index in [1.807, 2.05) is 6.26 Å². The van der Waals surface area contributed by atoms with Gasteiger partial charge in [0.2, 0.25) is 0 Å². The summed E-state index contributed by atoms with van der Waals surface area (Å²) >= 11 is 3.47. The van der Waals surface area contributed by atoms with Gasteiger partial charge in [0.15, 0.2) is 0 Å². The average Bonchev–Trinajstić information content (AvgIpc) is 2.81. The van der Waals surface area contributed by atoms with E-state index in [9.17, 15) is 0 Å². The Hall–Kier alpha value is -1.54. The second kappa shape index (κ2) is 4.78. The topological polar surface area (TPSA) is 13.1 Å². The highest BCUT2D eigenvalue weighted by Gasteiger charge is 2.16. The molecule has 0 radical (unpaired) electrons. The highest BCUT2D eigenvalue weighted by Crippen LogP contribution is 2.34. The predicted octanol–water partition coefficient (Wildman–Crippen LogP) is 6.16. The Morgan fingerprint density at radius 3 is 2.30 bits per heavy atom. The Labute approximate surface area is 127 Å². The number of furan rings is 1. The molecule has 0 amide bonds. The molecule has 0 atom stereocenters. The monoisotopic (exact) mass is 328 g/mol. The molecule has 0 bridgehead atoms. The molecule has 102 valence electrons. The molecule has 1 nitrogen and oxygen atoms in total. The van der Waals surface area contributed by atoms with Gasteiger partial charge in [-0.2, -0.15) is 0 Å². The number of hydrogen-bond acceptors (Lipinski definition) is 1. The number of benzene rings is 2. The molecule has 3 rings (SSSR count). The lowest BCUT2D eigenvalue weighted by atomic mass is 9.86. The average molecular weight is 329 g/mol. The molecular weight excluding hydrogens is 312 g/mol. The van der Waals surface area contributed by atoms with Gasteiger partial charge in [-0.3, -0.25) is 0 Å². The molecule has 0 saturated carbocycles. The predicted molar refractivity (Wildman–Crippen MR) is 88.1 cm³/mol. The summed E-state index contributed by atoms with van der Waals surface area (Å²) in [7, 11) is 0. The van der Waals surface area contributed by atoms with E-state index in [4.69, 9.17) is 4.42 Å². The van der Waals surface area contributed by atoms with E-state index in [0.29, 0.717) is 0 Å². The number of fused-ring (bicyclic) bond motifs is 1. The first-order valence-corrected chi connectivity index (χ1v) is 7.52. The third-order valence-corrected chi connectivity index (χ3v) is 4.12. The molecule has 0 spiro atoms. The maximum atomic E-state index is 5.69. The van der Waals surface area contributed by atoms with Crippen LogP contribution in [-0.4, -0.2) is 0 Å². The molecule has 0 unspecified atom stereocenters. The summed E-state index contributed by atoms with van der Waals surface area (Å²) in [6, 6.07) is 14.8. The molecule has 0 fully saturated rings. The van der Waals surface area contributed by atoms with E-state index >= 15 is 0 Å². The zero-order valence-corrected chi connectivity index (χ0v) is 13.5. The van der Waals surface area contributed by atoms with E-state index in [1.54, 1.807) is 0 Å². The minimum Gasteiger partial charge on any atom is -0.464 e. The Morgan fingerprint density at radius 2 is 1.65 bits per heavy atom. The Morgan fingerprint density at radius 1 is 0.950 bits per heavy atom. The Bertz CT molecular complexity index is 745. The van der Waals surface area contributed by atoms with Crippen molar-refractivity contribution in [1.82, 2.24) is 0 Å². The first-order valence-electron chi connectivity index (χ1n) is 6.73. The van der Waals surface area contributed by atoms with Crippen LogP contribution in [0.25, 0.3) is 22.1 Å². The summed E-state index contributed by atoms with van der Waals surface area (Å²) < 4.78 is 6.78. The largest absolute Gasteiger partial charge is 0.464 e. The van der Waals surface area contributed by atoms with Crippen LogP contribution in [0, 0.1) is 0 Å². The lowest BCUT2D eigenvalue weighted by Crippen LogP contribution is -2.10. The minimum absolute atomic E-state index is 0.141. The lowest BCUT2D eigenvalue weighted by Gasteiger charge is -2.18. The third-order valence-electron chi connectivity index (χ3n) is 3.59. The first-order chi connectivity index (χ1) is 9.45. The van der Waals surface area contributed by atoms with E-state index in [1.165, 1.54) is 16.5 Å². The second-order valence-electron chi connectivity index (χ2n) is 6.12. The molecule has 1 heterocycles. The van der Waals surface area contributed by atoms with Gasteiger partial charge in [-0.05, 0) is 40.8 Å². The van der Waals surface area contributed by atoms with Gasteiger partial charge in [0, 0.05) is 15.4 Å². The number of hydrogen-bond donors (Lipinski definition) is 0. The van der Waals surface area contributed by atoms with Gasteiger partial charge in [-0.25, -0.2) is 0 Å². The molecule has 0 saturated heterocycles. The van der Waals surface area contributed by atoms with E-state index in [2.05, 4.69) is 79.2 Å². The number of halogens is 1. The van der Waals surface area contributed by atoms with Crippen LogP contribution in [-0.2, 0) is 5.41 Å². The smallest absolute Gasteiger partial charge is 0.134 e. The number of rotatable bonds is 1. The third kappa shape index (κ3) is 2.40. The summed E-state index contributed by atoms with van der Waals surface area (Å²) in [6.07, 6.45) is 1.85. The van der Waals surface area contributed by atoms with E-state index in [0.717, 1.165) is 15.6 Å². The van der Waals surface area contributed by atoms with Crippen LogP contribution in [0.1, 0.15) is 26.3 Å². The quantitative estimate of drug-likeness (QED) is 0.521. The van der Waals surface area contributed by atoms with Gasteiger partial charge >= 0.3 is 0 Å². The summed E-state index contributed by atoms with van der Waals surface area (Å²) in [4.78, 5) is 0. The summed E-state index contributed by atoms with van der Waals surface area (Å²) in [5.74, 6) is 0. The molecule has 2 aromatic carbocycles. The van der Waals surface area contributed by atoms with Gasteiger partial charge in [0.1, 0.15) is 5.58 Å². The van der Waals surface area contributed by atoms with Crippen molar-refractivity contribution in [2.75, 3.05) is 0 Å². The molecule has 0 aliphatic rings. The highest BCUT2D eigenvalue weighted by atomic mass is 79.9. The van der Waals surface area contributed by atoms with E-state index in [-0.39, 0.29) is 5.41 Å². The molecule has 1 aromatic heterocycles. The fourth-order valence-corrected chi connectivity index (χ4v) is 2.61. The van der Waals surface area contributed by atoms with Crippen molar-refractivity contribution in [3.63, 3.8) is 0 Å². The summed E-state index contributed by atoms with van der Waals surface area (Å²) in [5, 5.41) is 1.18. The van der Waals surface area contributed by atoms with Crippen molar-refractivity contribution in [3.05, 3.63) is 58.8 Å². The van der Waals surface area contributed by atoms with Gasteiger partial charge < -0.3 is 4.42 Å². The maximum Gasteiger partial charge on any atom is 0.134 e. The molecule has 2 heteroatoms. The minimum atomic E-state index is 0.141. The molecular formula is C18H17BrO. The van der Waals surface area contributed by atoms with Crippen molar-refractivity contribution in [1.29, 1.82) is 0 Å². The maximum absolute atomic E-state index is 5.69. The zero-order chi connectivity index (χ0) is 14.3. The first kappa shape index (κ1) is 13.4. The van der Waals surface area contributed by atoms with Crippen LogP contribution in [0.3, 0.4) is 0 Å². The fourth-order valence-electron chi connectivity index (χ4n) is 2.35. The SMILES string of the molecule is CC(C)(C)c1ccc2occ(-c3ccc(Br)cc3)c2c1. The van der Waals surface area contributed by atoms with Crippen LogP contribution >= 0.6 is 15.9 Å². The summed E-state index contributed by atoms with van der Waals surface area (Å²) in [6.45, 7) is 6.69. The van der Waals surface area contributed by atoms with Gasteiger partial charge in [-0.15, -0.1) is 0 Å². The van der Waals surface area contributed by atoms with Crippen molar-refractivity contribution in [3.8, 4) is 11.1 Å². The zero-order valence-electron chi connectivity index (χ0n) is 11.9. The van der Waals surface area contributed by atoms with Crippen LogP contribution in [0.15, 0.2) is 57.6 Å². The molecule has 0 N–H and O–H groups in total. The van der Waals surface area contributed by atoms with Crippen LogP contribution in [0.5, 0.6) is 0 Å². The second-order valence-corrected chi connectivity index (χ2v) is 7.03. The van der Waals surface area contributed by atoms with Crippen molar-refractivity contribution >= 4 is 26.9 Å². The Kier molecular flexibility index (Phi) is 3.21. The van der Waals surface area contributed by atoms with Crippen LogP contribution < -0.4 is 0 Å². The van der Waals surface area contributed by atoms with E-state index < -0.39 is 0 Å². The van der Waals surface area contributed by atoms with Gasteiger partial charge in [-0.1, -0.05) is 54.9 Å². The van der Waals surface area contributed by atoms with Crippen LogP contribution in [0.4, 0.5) is 0 Å². The van der Waals surface area contributed by atoms with Crippen LogP contribution in [0.2, 0.25) is 0 Å². The molecule has 3 aromatic rings. The summed E-state index contributed by atoms with van der Waals surface area (Å²) in [5.41, 5.74) is 4.74. The lowest BCUT2D eigenvalue weighted by molar-refractivity contribution is 0.589. The van der Waals surface area contributed by atoms with Gasteiger partial charge in [0.05, 0.1) is 6.26 Å². The molecule has 0 aliphatic carbocycles. The molecule has 0 aliphatic heterocycles. The normalized spacial score (nSPS) is 12.0. The van der Waals surface area contributed by atoms with Crippen molar-refractivity contribution in [2.24, 2.45) is 0 Å². The highest BCUT2D eigenvalue weighted by molar-refractivity contribution is 9.10. The Balaban J connectivity index is 2.19.